The fourth-order valence-corrected chi connectivity index (χ4v) is 6.49. The van der Waals surface area contributed by atoms with Gasteiger partial charge in [-0.05, 0) is 30.3 Å². The van der Waals surface area contributed by atoms with E-state index < -0.39 is 0 Å². The van der Waals surface area contributed by atoms with Gasteiger partial charge in [0.2, 0.25) is 11.8 Å². The van der Waals surface area contributed by atoms with Crippen molar-refractivity contribution in [2.24, 2.45) is 0 Å². The molecule has 1 atom stereocenters. The lowest BCUT2D eigenvalue weighted by Crippen LogP contribution is -2.48. The lowest BCUT2D eigenvalue weighted by atomic mass is 9.99. The molecule has 41 heavy (non-hydrogen) atoms. The summed E-state index contributed by atoms with van der Waals surface area (Å²) in [5, 5.41) is 4.71. The Bertz CT molecular complexity index is 1550. The third-order valence-electron chi connectivity index (χ3n) is 7.29. The highest BCUT2D eigenvalue weighted by atomic mass is 32.2. The second kappa shape index (κ2) is 11.8. The molecule has 0 spiro atoms. The average Bonchev–Trinajstić information content (AvgIpc) is 3.34. The van der Waals surface area contributed by atoms with Gasteiger partial charge >= 0.3 is 0 Å². The summed E-state index contributed by atoms with van der Waals surface area (Å²) in [6.45, 7) is 1.72. The molecular formula is C31H29FN4O4S. The zero-order valence-electron chi connectivity index (χ0n) is 22.5. The van der Waals surface area contributed by atoms with Crippen molar-refractivity contribution in [2.75, 3.05) is 50.6 Å². The second-order valence-electron chi connectivity index (χ2n) is 9.75. The topological polar surface area (TPSA) is 76.9 Å². The highest BCUT2D eigenvalue weighted by Gasteiger charge is 2.39. The second-order valence-corrected chi connectivity index (χ2v) is 10.8. The number of nitrogens with zero attached hydrogens (tertiary/aromatic N) is 4. The summed E-state index contributed by atoms with van der Waals surface area (Å²) >= 11 is 1.47. The fourth-order valence-electron chi connectivity index (χ4n) is 5.27. The SMILES string of the molecule is COc1ccccc1[C@@H]1SCC(=O)N(CC(=O)N2CCOCC2)c2c1c(-c1ccccc1)nn2-c1ccc(F)cc1. The van der Waals surface area contributed by atoms with Crippen molar-refractivity contribution < 1.29 is 23.5 Å². The number of para-hydroxylation sites is 1. The Morgan fingerprint density at radius 3 is 2.46 bits per heavy atom. The quantitative estimate of drug-likeness (QED) is 0.333. The number of morpholine rings is 1. The number of amides is 2. The minimum atomic E-state index is -0.381. The molecule has 10 heteroatoms. The number of halogens is 1. The van der Waals surface area contributed by atoms with Gasteiger partial charge in [0.25, 0.3) is 0 Å². The number of carbonyl (C=O) groups excluding carboxylic acids is 2. The summed E-state index contributed by atoms with van der Waals surface area (Å²) < 4.78 is 26.8. The van der Waals surface area contributed by atoms with E-state index in [2.05, 4.69) is 0 Å². The molecule has 0 N–H and O–H groups in total. The Kier molecular flexibility index (Phi) is 7.76. The van der Waals surface area contributed by atoms with Crippen molar-refractivity contribution >= 4 is 29.4 Å². The molecule has 1 fully saturated rings. The molecule has 0 saturated carbocycles. The summed E-state index contributed by atoms with van der Waals surface area (Å²) in [6.07, 6.45) is 0. The van der Waals surface area contributed by atoms with Crippen LogP contribution in [0.3, 0.4) is 0 Å². The minimum Gasteiger partial charge on any atom is -0.496 e. The number of ether oxygens (including phenoxy) is 2. The van der Waals surface area contributed by atoms with E-state index in [4.69, 9.17) is 14.6 Å². The van der Waals surface area contributed by atoms with Gasteiger partial charge in [0.1, 0.15) is 23.9 Å². The Morgan fingerprint density at radius 1 is 1.02 bits per heavy atom. The fraction of sp³-hybridized carbons (Fsp3) is 0.258. The zero-order chi connectivity index (χ0) is 28.3. The molecule has 3 heterocycles. The Balaban J connectivity index is 1.60. The van der Waals surface area contributed by atoms with Gasteiger partial charge in [-0.25, -0.2) is 9.07 Å². The first-order chi connectivity index (χ1) is 20.0. The van der Waals surface area contributed by atoms with Crippen molar-refractivity contribution in [3.63, 3.8) is 0 Å². The van der Waals surface area contributed by atoms with Gasteiger partial charge in [-0.2, -0.15) is 5.10 Å². The number of aromatic nitrogens is 2. The minimum absolute atomic E-state index is 0.144. The van der Waals surface area contributed by atoms with Gasteiger partial charge in [-0.1, -0.05) is 48.5 Å². The Morgan fingerprint density at radius 2 is 1.73 bits per heavy atom. The van der Waals surface area contributed by atoms with Crippen molar-refractivity contribution in [1.29, 1.82) is 0 Å². The van der Waals surface area contributed by atoms with E-state index in [-0.39, 0.29) is 35.2 Å². The molecular weight excluding hydrogens is 543 g/mol. The first kappa shape index (κ1) is 27.0. The normalized spacial score (nSPS) is 17.2. The van der Waals surface area contributed by atoms with Crippen LogP contribution in [-0.2, 0) is 14.3 Å². The van der Waals surface area contributed by atoms with E-state index in [1.165, 1.54) is 23.9 Å². The van der Waals surface area contributed by atoms with Crippen LogP contribution in [0.2, 0.25) is 0 Å². The summed E-state index contributed by atoms with van der Waals surface area (Å²) in [6, 6.07) is 23.5. The average molecular weight is 573 g/mol. The summed E-state index contributed by atoms with van der Waals surface area (Å²) in [7, 11) is 1.62. The van der Waals surface area contributed by atoms with Crippen LogP contribution in [0.5, 0.6) is 5.75 Å². The molecule has 0 aliphatic carbocycles. The van der Waals surface area contributed by atoms with Gasteiger partial charge in [-0.15, -0.1) is 11.8 Å². The summed E-state index contributed by atoms with van der Waals surface area (Å²) in [5.41, 5.74) is 3.79. The van der Waals surface area contributed by atoms with Gasteiger partial charge in [-0.3, -0.25) is 14.5 Å². The van der Waals surface area contributed by atoms with Crippen LogP contribution in [-0.4, -0.2) is 72.2 Å². The monoisotopic (exact) mass is 572 g/mol. The molecule has 1 aromatic heterocycles. The maximum atomic E-state index is 14.0. The van der Waals surface area contributed by atoms with E-state index >= 15 is 0 Å². The lowest BCUT2D eigenvalue weighted by molar-refractivity contribution is -0.134. The predicted molar refractivity (Wildman–Crippen MR) is 156 cm³/mol. The molecule has 2 aliphatic rings. The van der Waals surface area contributed by atoms with Crippen LogP contribution in [0.25, 0.3) is 16.9 Å². The zero-order valence-corrected chi connectivity index (χ0v) is 23.4. The number of thioether (sulfide) groups is 1. The van der Waals surface area contributed by atoms with Gasteiger partial charge in [0, 0.05) is 29.8 Å². The number of fused-ring (bicyclic) bond motifs is 1. The smallest absolute Gasteiger partial charge is 0.242 e. The van der Waals surface area contributed by atoms with Crippen LogP contribution in [0.1, 0.15) is 16.4 Å². The van der Waals surface area contributed by atoms with Gasteiger partial charge < -0.3 is 14.4 Å². The highest BCUT2D eigenvalue weighted by molar-refractivity contribution is 8.00. The van der Waals surface area contributed by atoms with Crippen LogP contribution in [0, 0.1) is 5.82 Å². The molecule has 1 saturated heterocycles. The van der Waals surface area contributed by atoms with Crippen LogP contribution < -0.4 is 9.64 Å². The number of anilines is 1. The maximum Gasteiger partial charge on any atom is 0.242 e. The van der Waals surface area contributed by atoms with Crippen molar-refractivity contribution in [1.82, 2.24) is 14.7 Å². The van der Waals surface area contributed by atoms with Crippen molar-refractivity contribution in [2.45, 2.75) is 5.25 Å². The molecule has 2 aliphatic heterocycles. The predicted octanol–water partition coefficient (Wildman–Crippen LogP) is 4.72. The first-order valence-electron chi connectivity index (χ1n) is 13.4. The Labute approximate surface area is 241 Å². The number of hydrogen-bond acceptors (Lipinski definition) is 6. The van der Waals surface area contributed by atoms with Crippen molar-refractivity contribution in [3.05, 3.63) is 95.8 Å². The summed E-state index contributed by atoms with van der Waals surface area (Å²) in [4.78, 5) is 30.7. The standard InChI is InChI=1S/C31H29FN4O4S/c1-39-25-10-6-5-9-24(25)30-28-29(21-7-3-2-4-8-21)33-36(23-13-11-22(32)12-14-23)31(28)35(27(38)20-41-30)19-26(37)34-15-17-40-18-16-34/h2-14,30H,15-20H2,1H3/t30-/m0/s1. The molecule has 210 valence electrons. The number of hydrogen-bond donors (Lipinski definition) is 0. The molecule has 3 aromatic carbocycles. The number of methoxy groups -OCH3 is 1. The highest BCUT2D eigenvalue weighted by Crippen LogP contribution is 2.50. The molecule has 4 aromatic rings. The third kappa shape index (κ3) is 5.32. The van der Waals surface area contributed by atoms with E-state index in [9.17, 15) is 14.0 Å². The maximum absolute atomic E-state index is 14.0. The summed E-state index contributed by atoms with van der Waals surface area (Å²) in [5.74, 6) is 0.566. The van der Waals surface area contributed by atoms with E-state index in [1.807, 2.05) is 54.6 Å². The largest absolute Gasteiger partial charge is 0.496 e. The first-order valence-corrected chi connectivity index (χ1v) is 14.4. The van der Waals surface area contributed by atoms with Crippen LogP contribution >= 0.6 is 11.8 Å². The molecule has 8 nitrogen and oxygen atoms in total. The molecule has 0 unspecified atom stereocenters. The van der Waals surface area contributed by atoms with E-state index in [0.717, 1.165) is 16.7 Å². The van der Waals surface area contributed by atoms with E-state index in [0.29, 0.717) is 49.3 Å². The molecule has 0 bridgehead atoms. The molecule has 0 radical (unpaired) electrons. The van der Waals surface area contributed by atoms with Gasteiger partial charge in [0.05, 0.1) is 42.7 Å². The third-order valence-corrected chi connectivity index (χ3v) is 8.52. The van der Waals surface area contributed by atoms with Crippen LogP contribution in [0.4, 0.5) is 10.2 Å². The molecule has 2 amide bonds. The van der Waals surface area contributed by atoms with Crippen LogP contribution in [0.15, 0.2) is 78.9 Å². The Hall–Kier alpha value is -4.15. The van der Waals surface area contributed by atoms with Gasteiger partial charge in [0.15, 0.2) is 0 Å². The lowest BCUT2D eigenvalue weighted by Gasteiger charge is -2.30. The number of carbonyl (C=O) groups is 2. The number of rotatable bonds is 6. The number of benzene rings is 3. The molecule has 6 rings (SSSR count). The van der Waals surface area contributed by atoms with E-state index in [1.54, 1.807) is 33.7 Å². The van der Waals surface area contributed by atoms with Crippen molar-refractivity contribution in [3.8, 4) is 22.7 Å².